The molecule has 2 saturated carbocycles. The Hall–Kier alpha value is -4.02. The zero-order valence-electron chi connectivity index (χ0n) is 24.9. The van der Waals surface area contributed by atoms with Crippen LogP contribution in [0.15, 0.2) is 54.9 Å². The topological polar surface area (TPSA) is 114 Å². The Morgan fingerprint density at radius 1 is 0.977 bits per heavy atom. The Bertz CT molecular complexity index is 1610. The molecule has 0 unspecified atom stereocenters. The van der Waals surface area contributed by atoms with E-state index in [1.807, 2.05) is 36.4 Å². The fourth-order valence-corrected chi connectivity index (χ4v) is 7.03. The van der Waals surface area contributed by atoms with Gasteiger partial charge in [-0.1, -0.05) is 36.4 Å². The number of benzene rings is 2. The summed E-state index contributed by atoms with van der Waals surface area (Å²) in [5, 5.41) is 8.96. The molecule has 0 bridgehead atoms. The summed E-state index contributed by atoms with van der Waals surface area (Å²) in [5.41, 5.74) is 10.6. The first-order valence-corrected chi connectivity index (χ1v) is 15.5. The number of aromatic nitrogens is 4. The van der Waals surface area contributed by atoms with Gasteiger partial charge in [-0.3, -0.25) is 9.69 Å². The van der Waals surface area contributed by atoms with E-state index in [4.69, 9.17) is 15.6 Å². The van der Waals surface area contributed by atoms with Gasteiger partial charge in [0.25, 0.3) is 0 Å². The molecule has 43 heavy (non-hydrogen) atoms. The van der Waals surface area contributed by atoms with E-state index in [0.29, 0.717) is 23.3 Å². The number of nitrogens with one attached hydrogen (secondary N) is 1. The number of carbonyl (C=O) groups excluding carboxylic acids is 1. The van der Waals surface area contributed by atoms with E-state index in [1.54, 1.807) is 7.11 Å². The number of rotatable bonds is 7. The highest BCUT2D eigenvalue weighted by molar-refractivity contribution is 6.00. The minimum absolute atomic E-state index is 0.0134. The summed E-state index contributed by atoms with van der Waals surface area (Å²) < 4.78 is 7.81. The molecule has 2 aliphatic carbocycles. The number of methoxy groups -OCH3 is 1. The molecular formula is C33H40N8O2. The molecule has 3 fully saturated rings. The van der Waals surface area contributed by atoms with Crippen molar-refractivity contribution in [2.24, 2.45) is 5.92 Å². The van der Waals surface area contributed by atoms with E-state index >= 15 is 0 Å². The van der Waals surface area contributed by atoms with Crippen molar-refractivity contribution in [3.8, 4) is 17.0 Å². The van der Waals surface area contributed by atoms with Crippen LogP contribution in [-0.4, -0.2) is 81.8 Å². The lowest BCUT2D eigenvalue weighted by atomic mass is 9.90. The van der Waals surface area contributed by atoms with Gasteiger partial charge in [-0.2, -0.15) is 5.10 Å². The second-order valence-electron chi connectivity index (χ2n) is 12.3. The molecule has 0 radical (unpaired) electrons. The van der Waals surface area contributed by atoms with Crippen molar-refractivity contribution >= 4 is 28.4 Å². The molecule has 2 aromatic carbocycles. The van der Waals surface area contributed by atoms with Crippen molar-refractivity contribution in [3.05, 3.63) is 60.4 Å². The number of fused-ring (bicyclic) bond motifs is 1. The summed E-state index contributed by atoms with van der Waals surface area (Å²) in [4.78, 5) is 27.1. The SMILES string of the molecule is COc1cc(-c2nn(C3CCC(N4CCN(C)CC4)CC3)c3ncnc(N)c23)ccc1NC(=O)[C@@H]1C[C@H]1c1ccccc1. The van der Waals surface area contributed by atoms with Gasteiger partial charge in [-0.15, -0.1) is 0 Å². The number of carbonyl (C=O) groups is 1. The Balaban J connectivity index is 1.11. The van der Waals surface area contributed by atoms with E-state index in [0.717, 1.165) is 80.6 Å². The first-order valence-electron chi connectivity index (χ1n) is 15.5. The summed E-state index contributed by atoms with van der Waals surface area (Å²) in [6, 6.07) is 16.9. The smallest absolute Gasteiger partial charge is 0.228 e. The zero-order valence-corrected chi connectivity index (χ0v) is 24.9. The summed E-state index contributed by atoms with van der Waals surface area (Å²) in [6.07, 6.45) is 6.79. The van der Waals surface area contributed by atoms with Crippen LogP contribution in [0.5, 0.6) is 5.75 Å². The molecule has 2 aromatic heterocycles. The van der Waals surface area contributed by atoms with Crippen molar-refractivity contribution in [2.75, 3.05) is 51.4 Å². The monoisotopic (exact) mass is 580 g/mol. The molecule has 7 rings (SSSR count). The van der Waals surface area contributed by atoms with Crippen LogP contribution >= 0.6 is 0 Å². The van der Waals surface area contributed by atoms with Gasteiger partial charge < -0.3 is 20.7 Å². The molecule has 3 aliphatic rings. The Morgan fingerprint density at radius 3 is 2.47 bits per heavy atom. The second kappa shape index (κ2) is 11.6. The van der Waals surface area contributed by atoms with Gasteiger partial charge in [0.1, 0.15) is 23.6 Å². The molecule has 10 heteroatoms. The molecule has 224 valence electrons. The van der Waals surface area contributed by atoms with E-state index in [1.165, 1.54) is 11.9 Å². The summed E-state index contributed by atoms with van der Waals surface area (Å²) >= 11 is 0. The minimum atomic E-state index is -0.0327. The van der Waals surface area contributed by atoms with Crippen LogP contribution in [0, 0.1) is 5.92 Å². The van der Waals surface area contributed by atoms with Crippen molar-refractivity contribution in [1.82, 2.24) is 29.5 Å². The maximum absolute atomic E-state index is 13.1. The number of nitrogen functional groups attached to an aromatic ring is 1. The molecule has 0 spiro atoms. The molecule has 3 N–H and O–H groups in total. The number of likely N-dealkylation sites (N-methyl/N-ethyl adjacent to an activating group) is 1. The number of hydrogen-bond donors (Lipinski definition) is 2. The number of hydrogen-bond acceptors (Lipinski definition) is 8. The molecule has 1 aliphatic heterocycles. The van der Waals surface area contributed by atoms with Crippen molar-refractivity contribution in [2.45, 2.75) is 50.1 Å². The molecule has 2 atom stereocenters. The molecule has 10 nitrogen and oxygen atoms in total. The second-order valence-corrected chi connectivity index (χ2v) is 12.3. The third-order valence-corrected chi connectivity index (χ3v) is 9.67. The summed E-state index contributed by atoms with van der Waals surface area (Å²) in [7, 11) is 3.82. The standard InChI is InChI=1S/C33H40N8O2/c1-39-14-16-40(17-15-39)23-9-11-24(12-10-23)41-32-29(31(34)35-20-36-32)30(38-41)22-8-13-27(28(18-22)43-2)37-33(42)26-19-25(26)21-6-4-3-5-7-21/h3-8,13,18,20,23-26H,9-12,14-17,19H2,1-2H3,(H,37,42)(H2,34,35,36)/t23?,24?,25-,26+/m0/s1. The number of piperazine rings is 1. The summed E-state index contributed by atoms with van der Waals surface area (Å²) in [6.45, 7) is 4.59. The Kier molecular flexibility index (Phi) is 7.48. The normalized spacial score (nSPS) is 24.6. The highest BCUT2D eigenvalue weighted by Gasteiger charge is 2.44. The Labute approximate surface area is 252 Å². The van der Waals surface area contributed by atoms with E-state index in [9.17, 15) is 4.79 Å². The average Bonchev–Trinajstić information content (AvgIpc) is 3.76. The van der Waals surface area contributed by atoms with Crippen LogP contribution in [-0.2, 0) is 4.79 Å². The molecule has 1 saturated heterocycles. The first kappa shape index (κ1) is 27.8. The zero-order chi connectivity index (χ0) is 29.5. The molecular weight excluding hydrogens is 540 g/mol. The maximum Gasteiger partial charge on any atom is 0.228 e. The largest absolute Gasteiger partial charge is 0.495 e. The van der Waals surface area contributed by atoms with Gasteiger partial charge in [0.2, 0.25) is 5.91 Å². The fourth-order valence-electron chi connectivity index (χ4n) is 7.03. The van der Waals surface area contributed by atoms with E-state index in [2.05, 4.69) is 48.9 Å². The summed E-state index contributed by atoms with van der Waals surface area (Å²) in [5.74, 6) is 1.23. The third kappa shape index (κ3) is 5.45. The Morgan fingerprint density at radius 2 is 1.72 bits per heavy atom. The lowest BCUT2D eigenvalue weighted by Gasteiger charge is -2.41. The van der Waals surface area contributed by atoms with Crippen LogP contribution in [0.2, 0.25) is 0 Å². The predicted octanol–water partition coefficient (Wildman–Crippen LogP) is 4.56. The number of nitrogens with zero attached hydrogens (tertiary/aromatic N) is 6. The van der Waals surface area contributed by atoms with Crippen LogP contribution in [0.4, 0.5) is 11.5 Å². The number of ether oxygens (including phenoxy) is 1. The minimum Gasteiger partial charge on any atom is -0.495 e. The highest BCUT2D eigenvalue weighted by Crippen LogP contribution is 2.48. The van der Waals surface area contributed by atoms with Crippen LogP contribution in [0.25, 0.3) is 22.3 Å². The number of amides is 1. The van der Waals surface area contributed by atoms with Crippen LogP contribution in [0.3, 0.4) is 0 Å². The van der Waals surface area contributed by atoms with Crippen LogP contribution in [0.1, 0.15) is 49.6 Å². The molecule has 3 heterocycles. The molecule has 1 amide bonds. The highest BCUT2D eigenvalue weighted by atomic mass is 16.5. The van der Waals surface area contributed by atoms with E-state index < -0.39 is 0 Å². The average molecular weight is 581 g/mol. The maximum atomic E-state index is 13.1. The quantitative estimate of drug-likeness (QED) is 0.327. The lowest BCUT2D eigenvalue weighted by Crippen LogP contribution is -2.49. The lowest BCUT2D eigenvalue weighted by molar-refractivity contribution is -0.117. The number of anilines is 2. The van der Waals surface area contributed by atoms with Gasteiger partial charge in [0, 0.05) is 43.7 Å². The molecule has 4 aromatic rings. The van der Waals surface area contributed by atoms with Gasteiger partial charge in [0.05, 0.1) is 24.2 Å². The fraction of sp³-hybridized carbons (Fsp3) is 0.455. The number of nitrogens with two attached hydrogens (primary N) is 1. The van der Waals surface area contributed by atoms with Gasteiger partial charge >= 0.3 is 0 Å². The van der Waals surface area contributed by atoms with Crippen molar-refractivity contribution < 1.29 is 9.53 Å². The van der Waals surface area contributed by atoms with E-state index in [-0.39, 0.29) is 23.8 Å². The van der Waals surface area contributed by atoms with Crippen molar-refractivity contribution in [1.29, 1.82) is 0 Å². The van der Waals surface area contributed by atoms with Crippen LogP contribution < -0.4 is 15.8 Å². The van der Waals surface area contributed by atoms with Gasteiger partial charge in [0.15, 0.2) is 5.65 Å². The third-order valence-electron chi connectivity index (χ3n) is 9.67. The van der Waals surface area contributed by atoms with Gasteiger partial charge in [-0.25, -0.2) is 14.6 Å². The van der Waals surface area contributed by atoms with Crippen molar-refractivity contribution in [3.63, 3.8) is 0 Å². The first-order chi connectivity index (χ1) is 21.0. The predicted molar refractivity (Wildman–Crippen MR) is 168 cm³/mol. The van der Waals surface area contributed by atoms with Gasteiger partial charge in [-0.05, 0) is 62.8 Å².